The molecule has 0 radical (unpaired) electrons. The first-order valence-corrected chi connectivity index (χ1v) is 9.64. The van der Waals surface area contributed by atoms with Crippen LogP contribution in [0.25, 0.3) is 10.4 Å². The molecule has 11 heteroatoms. The molecular weight excluding hydrogens is 408 g/mol. The van der Waals surface area contributed by atoms with E-state index in [0.29, 0.717) is 11.3 Å². The van der Waals surface area contributed by atoms with Crippen LogP contribution in [0.5, 0.6) is 5.75 Å². The van der Waals surface area contributed by atoms with E-state index in [1.54, 1.807) is 38.1 Å². The van der Waals surface area contributed by atoms with Gasteiger partial charge in [0.15, 0.2) is 6.10 Å². The highest BCUT2D eigenvalue weighted by Crippen LogP contribution is 2.16. The van der Waals surface area contributed by atoms with Crippen molar-refractivity contribution in [2.45, 2.75) is 45.4 Å². The van der Waals surface area contributed by atoms with E-state index in [0.717, 1.165) is 0 Å². The van der Waals surface area contributed by atoms with E-state index >= 15 is 0 Å². The molecule has 0 saturated heterocycles. The summed E-state index contributed by atoms with van der Waals surface area (Å²) in [5.74, 6) is -1.51. The average molecular weight is 436 g/mol. The zero-order valence-electron chi connectivity index (χ0n) is 18.0. The molecular formula is C20H28N4O7. The Morgan fingerprint density at radius 2 is 1.87 bits per heavy atom. The van der Waals surface area contributed by atoms with Gasteiger partial charge in [-0.1, -0.05) is 31.1 Å². The Balaban J connectivity index is 2.85. The number of carbonyl (C=O) groups excluding carboxylic acids is 3. The zero-order valence-corrected chi connectivity index (χ0v) is 18.0. The van der Waals surface area contributed by atoms with Crippen LogP contribution >= 0.6 is 0 Å². The molecule has 0 saturated carbocycles. The second-order valence-corrected chi connectivity index (χ2v) is 7.05. The third-order valence-corrected chi connectivity index (χ3v) is 4.22. The average Bonchev–Trinajstić information content (AvgIpc) is 2.74. The Morgan fingerprint density at radius 3 is 2.35 bits per heavy atom. The highest BCUT2D eigenvalue weighted by molar-refractivity contribution is 5.88. The lowest BCUT2D eigenvalue weighted by Gasteiger charge is -2.21. The van der Waals surface area contributed by atoms with Crippen molar-refractivity contribution < 1.29 is 33.7 Å². The molecule has 3 atom stereocenters. The van der Waals surface area contributed by atoms with Gasteiger partial charge >= 0.3 is 11.9 Å². The number of methoxy groups -OCH3 is 1. The molecule has 0 aromatic heterocycles. The van der Waals surface area contributed by atoms with E-state index in [9.17, 15) is 19.5 Å². The number of aliphatic hydroxyl groups is 1. The van der Waals surface area contributed by atoms with Crippen LogP contribution < -0.4 is 10.1 Å². The highest BCUT2D eigenvalue weighted by atomic mass is 16.6. The van der Waals surface area contributed by atoms with Gasteiger partial charge in [0, 0.05) is 18.3 Å². The van der Waals surface area contributed by atoms with Gasteiger partial charge in [0.1, 0.15) is 24.4 Å². The van der Waals surface area contributed by atoms with Crippen molar-refractivity contribution in [3.8, 4) is 5.75 Å². The number of benzene rings is 1. The predicted octanol–water partition coefficient (Wildman–Crippen LogP) is 1.52. The van der Waals surface area contributed by atoms with E-state index in [1.807, 2.05) is 0 Å². The fourth-order valence-corrected chi connectivity index (χ4v) is 2.60. The smallest absolute Gasteiger partial charge is 0.328 e. The fourth-order valence-electron chi connectivity index (χ4n) is 2.60. The molecule has 1 unspecified atom stereocenters. The van der Waals surface area contributed by atoms with E-state index in [2.05, 4.69) is 15.3 Å². The maximum Gasteiger partial charge on any atom is 0.328 e. The Kier molecular flexibility index (Phi) is 10.9. The van der Waals surface area contributed by atoms with Crippen LogP contribution in [0.2, 0.25) is 0 Å². The Hall–Kier alpha value is -3.30. The van der Waals surface area contributed by atoms with Gasteiger partial charge in [0.05, 0.1) is 13.7 Å². The molecule has 31 heavy (non-hydrogen) atoms. The minimum absolute atomic E-state index is 0.0910. The summed E-state index contributed by atoms with van der Waals surface area (Å²) in [7, 11) is 1.21. The summed E-state index contributed by atoms with van der Waals surface area (Å²) < 4.78 is 15.2. The molecule has 1 amide bonds. The summed E-state index contributed by atoms with van der Waals surface area (Å²) in [6.45, 7) is 4.29. The first-order valence-electron chi connectivity index (χ1n) is 9.64. The highest BCUT2D eigenvalue weighted by Gasteiger charge is 2.27. The zero-order chi connectivity index (χ0) is 23.4. The van der Waals surface area contributed by atoms with Crippen molar-refractivity contribution in [2.75, 3.05) is 20.3 Å². The van der Waals surface area contributed by atoms with Gasteiger partial charge in [-0.3, -0.25) is 9.59 Å². The summed E-state index contributed by atoms with van der Waals surface area (Å²) in [6, 6.07) is 4.68. The number of amides is 1. The molecule has 1 rings (SSSR count). The topological polar surface area (TPSA) is 160 Å². The van der Waals surface area contributed by atoms with Gasteiger partial charge < -0.3 is 24.6 Å². The van der Waals surface area contributed by atoms with Gasteiger partial charge in [-0.05, 0) is 29.1 Å². The van der Waals surface area contributed by atoms with Crippen LogP contribution in [0.15, 0.2) is 29.4 Å². The monoisotopic (exact) mass is 436 g/mol. The van der Waals surface area contributed by atoms with E-state index in [4.69, 9.17) is 19.7 Å². The summed E-state index contributed by atoms with van der Waals surface area (Å²) in [4.78, 5) is 38.2. The number of esters is 2. The molecule has 170 valence electrons. The van der Waals surface area contributed by atoms with Crippen molar-refractivity contribution in [1.82, 2.24) is 5.32 Å². The standard InChI is InChI=1S/C20H28N4O7/c1-12(2)18(23-24-21)19(27)22-17(20(28)29-4)9-14-5-7-15(8-6-14)31-16(10-25)11-30-13(3)26/h5-8,12,16-18,25H,9-11H2,1-4H3,(H,22,27)/t16?,17-,18-/m0/s1. The molecule has 0 aliphatic carbocycles. The molecule has 2 N–H and O–H groups in total. The number of aliphatic hydroxyl groups excluding tert-OH is 1. The molecule has 0 heterocycles. The van der Waals surface area contributed by atoms with Crippen molar-refractivity contribution in [2.24, 2.45) is 11.0 Å². The third kappa shape index (κ3) is 8.93. The SMILES string of the molecule is COC(=O)[C@H](Cc1ccc(OC(CO)COC(C)=O)cc1)NC(=O)[C@@H](N=[N+]=[N-])C(C)C. The van der Waals surface area contributed by atoms with Crippen LogP contribution in [0.3, 0.4) is 0 Å². The maximum atomic E-state index is 12.5. The third-order valence-electron chi connectivity index (χ3n) is 4.22. The number of nitrogens with one attached hydrogen (secondary N) is 1. The Bertz CT molecular complexity index is 791. The largest absolute Gasteiger partial charge is 0.484 e. The number of hydrogen-bond donors (Lipinski definition) is 2. The van der Waals surface area contributed by atoms with Crippen LogP contribution in [-0.4, -0.2) is 61.5 Å². The molecule has 0 bridgehead atoms. The molecule has 1 aromatic rings. The van der Waals surface area contributed by atoms with E-state index < -0.39 is 36.0 Å². The van der Waals surface area contributed by atoms with Crippen LogP contribution in [0, 0.1) is 5.92 Å². The molecule has 0 spiro atoms. The molecule has 0 aliphatic rings. The second kappa shape index (κ2) is 13.1. The molecule has 11 nitrogen and oxygen atoms in total. The fraction of sp³-hybridized carbons (Fsp3) is 0.550. The number of nitrogens with zero attached hydrogens (tertiary/aromatic N) is 3. The van der Waals surface area contributed by atoms with Gasteiger partial charge in [0.25, 0.3) is 0 Å². The number of ether oxygens (including phenoxy) is 3. The van der Waals surface area contributed by atoms with Crippen molar-refractivity contribution in [3.63, 3.8) is 0 Å². The van der Waals surface area contributed by atoms with Gasteiger partial charge in [-0.25, -0.2) is 4.79 Å². The quantitative estimate of drug-likeness (QED) is 0.217. The Morgan fingerprint density at radius 1 is 1.23 bits per heavy atom. The Labute approximate surface area is 180 Å². The first-order chi connectivity index (χ1) is 14.7. The summed E-state index contributed by atoms with van der Waals surface area (Å²) in [6.07, 6.45) is -0.582. The lowest BCUT2D eigenvalue weighted by molar-refractivity contribution is -0.145. The number of hydrogen-bond acceptors (Lipinski definition) is 8. The van der Waals surface area contributed by atoms with Crippen molar-refractivity contribution >= 4 is 17.8 Å². The number of azide groups is 1. The normalized spacial score (nSPS) is 13.4. The van der Waals surface area contributed by atoms with E-state index in [-0.39, 0.29) is 25.6 Å². The van der Waals surface area contributed by atoms with Gasteiger partial charge in [0.2, 0.25) is 5.91 Å². The summed E-state index contributed by atoms with van der Waals surface area (Å²) in [5, 5.41) is 15.4. The lowest BCUT2D eigenvalue weighted by Crippen LogP contribution is -2.47. The minimum Gasteiger partial charge on any atom is -0.484 e. The molecule has 0 fully saturated rings. The minimum atomic E-state index is -0.978. The van der Waals surface area contributed by atoms with Crippen LogP contribution in [0.1, 0.15) is 26.3 Å². The second-order valence-electron chi connectivity index (χ2n) is 7.05. The molecule has 0 aliphatic heterocycles. The lowest BCUT2D eigenvalue weighted by atomic mass is 10.0. The van der Waals surface area contributed by atoms with Crippen LogP contribution in [0.4, 0.5) is 0 Å². The van der Waals surface area contributed by atoms with Crippen LogP contribution in [-0.2, 0) is 30.3 Å². The molecule has 1 aromatic carbocycles. The van der Waals surface area contributed by atoms with Crippen molar-refractivity contribution in [1.29, 1.82) is 0 Å². The summed E-state index contributed by atoms with van der Waals surface area (Å²) >= 11 is 0. The van der Waals surface area contributed by atoms with Gasteiger partial charge in [-0.15, -0.1) is 0 Å². The summed E-state index contributed by atoms with van der Waals surface area (Å²) in [5.41, 5.74) is 9.36. The van der Waals surface area contributed by atoms with Gasteiger partial charge in [-0.2, -0.15) is 0 Å². The van der Waals surface area contributed by atoms with E-state index in [1.165, 1.54) is 14.0 Å². The van der Waals surface area contributed by atoms with Crippen molar-refractivity contribution in [3.05, 3.63) is 40.3 Å². The maximum absolute atomic E-state index is 12.5. The first kappa shape index (κ1) is 25.7. The predicted molar refractivity (Wildman–Crippen MR) is 110 cm³/mol. The number of rotatable bonds is 12. The number of carbonyl (C=O) groups is 3.